The molecule has 0 amide bonds. The molecule has 0 aromatic carbocycles. The minimum Gasteiger partial charge on any atom is -0.329 e. The third-order valence-corrected chi connectivity index (χ3v) is 6.11. The Morgan fingerprint density at radius 3 is 2.24 bits per heavy atom. The van der Waals surface area contributed by atoms with Crippen LogP contribution in [0.3, 0.4) is 0 Å². The Kier molecular flexibility index (Phi) is 6.49. The lowest BCUT2D eigenvalue weighted by Crippen LogP contribution is -2.55. The maximum absolute atomic E-state index is 12.5. The number of nitrogens with zero attached hydrogens (tertiary/aromatic N) is 1. The maximum atomic E-state index is 12.5. The quantitative estimate of drug-likeness (QED) is 0.744. The average Bonchev–Trinajstić information content (AvgIpc) is 2.83. The number of rotatable bonds is 8. The van der Waals surface area contributed by atoms with Gasteiger partial charge in [0, 0.05) is 25.0 Å². The minimum atomic E-state index is -4.32. The molecule has 1 fully saturated rings. The van der Waals surface area contributed by atoms with Crippen LogP contribution in [-0.2, 0) is 10.0 Å². The van der Waals surface area contributed by atoms with Gasteiger partial charge < -0.3 is 5.73 Å². The topological polar surface area (TPSA) is 63.4 Å². The molecule has 0 heterocycles. The second-order valence-corrected chi connectivity index (χ2v) is 7.76. The number of alkyl halides is 3. The Morgan fingerprint density at radius 1 is 1.24 bits per heavy atom. The molecule has 1 aliphatic rings. The van der Waals surface area contributed by atoms with E-state index in [-0.39, 0.29) is 6.54 Å². The normalized spacial score (nSPS) is 19.3. The second kappa shape index (κ2) is 7.28. The Labute approximate surface area is 124 Å². The van der Waals surface area contributed by atoms with Gasteiger partial charge in [0.05, 0.1) is 5.75 Å². The first kappa shape index (κ1) is 18.7. The molecule has 4 nitrogen and oxygen atoms in total. The van der Waals surface area contributed by atoms with Crippen molar-refractivity contribution < 1.29 is 21.6 Å². The maximum Gasteiger partial charge on any atom is 0.389 e. The van der Waals surface area contributed by atoms with Crippen LogP contribution in [0.25, 0.3) is 0 Å². The molecular formula is C13H25F3N2O2S. The highest BCUT2D eigenvalue weighted by Crippen LogP contribution is 2.37. The fourth-order valence-electron chi connectivity index (χ4n) is 3.03. The van der Waals surface area contributed by atoms with Crippen molar-refractivity contribution in [2.75, 3.05) is 18.8 Å². The summed E-state index contributed by atoms with van der Waals surface area (Å²) in [6.07, 6.45) is -1.94. The lowest BCUT2D eigenvalue weighted by atomic mass is 9.98. The Hall–Kier alpha value is -0.340. The monoisotopic (exact) mass is 330 g/mol. The summed E-state index contributed by atoms with van der Waals surface area (Å²) in [7, 11) is -3.71. The summed E-state index contributed by atoms with van der Waals surface area (Å²) in [5.74, 6) is -0.464. The summed E-state index contributed by atoms with van der Waals surface area (Å²) >= 11 is 0. The smallest absolute Gasteiger partial charge is 0.329 e. The van der Waals surface area contributed by atoms with E-state index in [2.05, 4.69) is 0 Å². The third kappa shape index (κ3) is 5.10. The molecule has 0 bridgehead atoms. The first-order chi connectivity index (χ1) is 9.67. The molecule has 2 N–H and O–H groups in total. The molecule has 21 heavy (non-hydrogen) atoms. The van der Waals surface area contributed by atoms with Crippen molar-refractivity contribution in [3.05, 3.63) is 0 Å². The van der Waals surface area contributed by atoms with E-state index in [4.69, 9.17) is 5.73 Å². The van der Waals surface area contributed by atoms with Gasteiger partial charge in [-0.25, -0.2) is 8.42 Å². The molecule has 8 heteroatoms. The summed E-state index contributed by atoms with van der Waals surface area (Å²) in [5.41, 5.74) is 5.22. The van der Waals surface area contributed by atoms with Crippen LogP contribution in [0.15, 0.2) is 0 Å². The number of sulfonamides is 1. The predicted molar refractivity (Wildman–Crippen MR) is 76.3 cm³/mol. The summed E-state index contributed by atoms with van der Waals surface area (Å²) in [5, 5.41) is 0. The fourth-order valence-corrected chi connectivity index (χ4v) is 5.07. The van der Waals surface area contributed by atoms with Gasteiger partial charge in [-0.3, -0.25) is 0 Å². The molecule has 0 aromatic heterocycles. The van der Waals surface area contributed by atoms with Gasteiger partial charge in [-0.2, -0.15) is 17.5 Å². The Balaban J connectivity index is 2.83. The highest BCUT2D eigenvalue weighted by atomic mass is 32.2. The van der Waals surface area contributed by atoms with Crippen molar-refractivity contribution in [3.63, 3.8) is 0 Å². The molecule has 0 atom stereocenters. The molecule has 0 aliphatic heterocycles. The zero-order valence-corrected chi connectivity index (χ0v) is 13.3. The van der Waals surface area contributed by atoms with Gasteiger partial charge in [-0.1, -0.05) is 19.8 Å². The summed E-state index contributed by atoms with van der Waals surface area (Å²) in [6.45, 7) is 2.41. The van der Waals surface area contributed by atoms with Crippen LogP contribution < -0.4 is 5.73 Å². The number of hydrogen-bond donors (Lipinski definition) is 1. The van der Waals surface area contributed by atoms with Crippen LogP contribution in [0.2, 0.25) is 0 Å². The highest BCUT2D eigenvalue weighted by Gasteiger charge is 2.44. The minimum absolute atomic E-state index is 0.228. The van der Waals surface area contributed by atoms with Gasteiger partial charge in [0.25, 0.3) is 0 Å². The first-order valence-corrected chi connectivity index (χ1v) is 9.05. The van der Waals surface area contributed by atoms with E-state index in [1.807, 2.05) is 6.92 Å². The molecule has 0 spiro atoms. The lowest BCUT2D eigenvalue weighted by Gasteiger charge is -2.39. The largest absolute Gasteiger partial charge is 0.389 e. The van der Waals surface area contributed by atoms with Crippen LogP contribution in [0, 0.1) is 0 Å². The zero-order chi connectivity index (χ0) is 16.1. The van der Waals surface area contributed by atoms with E-state index >= 15 is 0 Å². The van der Waals surface area contributed by atoms with E-state index < -0.39 is 40.3 Å². The van der Waals surface area contributed by atoms with Gasteiger partial charge in [-0.15, -0.1) is 0 Å². The van der Waals surface area contributed by atoms with E-state index in [1.165, 1.54) is 4.31 Å². The number of nitrogens with two attached hydrogens (primary N) is 1. The molecule has 0 saturated heterocycles. The van der Waals surface area contributed by atoms with Crippen molar-refractivity contribution in [1.82, 2.24) is 4.31 Å². The van der Waals surface area contributed by atoms with Gasteiger partial charge >= 0.3 is 6.18 Å². The van der Waals surface area contributed by atoms with E-state index in [9.17, 15) is 21.6 Å². The zero-order valence-electron chi connectivity index (χ0n) is 12.5. The first-order valence-electron chi connectivity index (χ1n) is 7.44. The van der Waals surface area contributed by atoms with Crippen molar-refractivity contribution in [3.8, 4) is 0 Å². The van der Waals surface area contributed by atoms with Crippen molar-refractivity contribution in [2.24, 2.45) is 5.73 Å². The molecule has 0 radical (unpaired) electrons. The molecule has 1 saturated carbocycles. The summed E-state index contributed by atoms with van der Waals surface area (Å²) in [4.78, 5) is 0. The van der Waals surface area contributed by atoms with Gasteiger partial charge in [0.2, 0.25) is 10.0 Å². The lowest BCUT2D eigenvalue weighted by molar-refractivity contribution is -0.134. The summed E-state index contributed by atoms with van der Waals surface area (Å²) in [6, 6.07) is 0. The Bertz CT molecular complexity index is 418. The van der Waals surface area contributed by atoms with E-state index in [1.54, 1.807) is 0 Å². The number of halogens is 3. The molecule has 0 aromatic rings. The second-order valence-electron chi connectivity index (χ2n) is 5.74. The van der Waals surface area contributed by atoms with Crippen molar-refractivity contribution >= 4 is 10.0 Å². The standard InChI is InChI=1S/C13H25F3N2O2S/c1-2-9-18(12(11-17)6-3-4-7-12)21(19,20)10-5-8-13(14,15)16/h2-11,17H2,1H3. The highest BCUT2D eigenvalue weighted by molar-refractivity contribution is 7.89. The van der Waals surface area contributed by atoms with Gasteiger partial charge in [0.15, 0.2) is 0 Å². The SMILES string of the molecule is CCCN(C1(CN)CCCC1)S(=O)(=O)CCCC(F)(F)F. The fraction of sp³-hybridized carbons (Fsp3) is 1.00. The van der Waals surface area contributed by atoms with Crippen LogP contribution >= 0.6 is 0 Å². The van der Waals surface area contributed by atoms with Crippen LogP contribution in [0.4, 0.5) is 13.2 Å². The Morgan fingerprint density at radius 2 is 1.81 bits per heavy atom. The van der Waals surface area contributed by atoms with Gasteiger partial charge in [-0.05, 0) is 25.7 Å². The van der Waals surface area contributed by atoms with Crippen LogP contribution in [0.5, 0.6) is 0 Å². The molecule has 1 aliphatic carbocycles. The molecule has 1 rings (SSSR count). The van der Waals surface area contributed by atoms with Crippen LogP contribution in [-0.4, -0.2) is 43.3 Å². The number of hydrogen-bond acceptors (Lipinski definition) is 3. The summed E-state index contributed by atoms with van der Waals surface area (Å²) < 4.78 is 62.9. The van der Waals surface area contributed by atoms with Crippen molar-refractivity contribution in [1.29, 1.82) is 0 Å². The van der Waals surface area contributed by atoms with Gasteiger partial charge in [0.1, 0.15) is 0 Å². The average molecular weight is 330 g/mol. The molecule has 0 unspecified atom stereocenters. The molecule has 126 valence electrons. The van der Waals surface area contributed by atoms with Crippen molar-refractivity contribution in [2.45, 2.75) is 63.6 Å². The van der Waals surface area contributed by atoms with Crippen LogP contribution in [0.1, 0.15) is 51.9 Å². The third-order valence-electron chi connectivity index (χ3n) is 4.07. The predicted octanol–water partition coefficient (Wildman–Crippen LogP) is 2.64. The molecular weight excluding hydrogens is 305 g/mol. The van der Waals surface area contributed by atoms with E-state index in [0.29, 0.717) is 25.8 Å². The van der Waals surface area contributed by atoms with E-state index in [0.717, 1.165) is 12.8 Å².